The highest BCUT2D eigenvalue weighted by molar-refractivity contribution is 5.74. The Bertz CT molecular complexity index is 447. The molecule has 0 unspecified atom stereocenters. The van der Waals surface area contributed by atoms with Crippen molar-refractivity contribution in [2.75, 3.05) is 29.9 Å². The fourth-order valence-corrected chi connectivity index (χ4v) is 3.52. The Morgan fingerprint density at radius 2 is 1.84 bits per heavy atom. The fraction of sp³-hybridized carbons (Fsp3) is 0.647. The van der Waals surface area contributed by atoms with Crippen molar-refractivity contribution in [2.45, 2.75) is 46.0 Å². The third kappa shape index (κ3) is 2.72. The number of rotatable bonds is 2. The molecule has 1 heterocycles. The molecule has 2 nitrogen and oxygen atoms in total. The largest absolute Gasteiger partial charge is 0.382 e. The van der Waals surface area contributed by atoms with Crippen LogP contribution in [0.3, 0.4) is 0 Å². The molecule has 19 heavy (non-hydrogen) atoms. The van der Waals surface area contributed by atoms with Crippen molar-refractivity contribution in [1.82, 2.24) is 0 Å². The van der Waals surface area contributed by atoms with Gasteiger partial charge >= 0.3 is 0 Å². The van der Waals surface area contributed by atoms with Crippen LogP contribution >= 0.6 is 0 Å². The zero-order chi connectivity index (χ0) is 13.2. The maximum Gasteiger partial charge on any atom is 0.0605 e. The predicted molar refractivity (Wildman–Crippen MR) is 83.2 cm³/mol. The topological polar surface area (TPSA) is 15.3 Å². The summed E-state index contributed by atoms with van der Waals surface area (Å²) in [6.45, 7) is 7.94. The summed E-state index contributed by atoms with van der Waals surface area (Å²) in [6, 6.07) is 4.69. The molecular formula is C17H26N2. The molecule has 1 aromatic rings. The highest BCUT2D eigenvalue weighted by atomic mass is 15.2. The van der Waals surface area contributed by atoms with E-state index < -0.39 is 0 Å². The summed E-state index contributed by atoms with van der Waals surface area (Å²) >= 11 is 0. The van der Waals surface area contributed by atoms with Crippen molar-refractivity contribution in [3.8, 4) is 0 Å². The molecule has 0 radical (unpaired) electrons. The molecular weight excluding hydrogens is 232 g/mol. The van der Waals surface area contributed by atoms with Crippen molar-refractivity contribution in [1.29, 1.82) is 0 Å². The van der Waals surface area contributed by atoms with E-state index in [2.05, 4.69) is 36.2 Å². The summed E-state index contributed by atoms with van der Waals surface area (Å²) < 4.78 is 0. The first kappa shape index (κ1) is 12.8. The number of fused-ring (bicyclic) bond motifs is 1. The molecule has 104 valence electrons. The summed E-state index contributed by atoms with van der Waals surface area (Å²) in [7, 11) is 0. The van der Waals surface area contributed by atoms with Crippen LogP contribution in [-0.4, -0.2) is 19.6 Å². The number of benzene rings is 1. The second-order valence-corrected chi connectivity index (χ2v) is 6.33. The first-order chi connectivity index (χ1) is 9.24. The fourth-order valence-electron chi connectivity index (χ4n) is 3.52. The van der Waals surface area contributed by atoms with E-state index in [1.165, 1.54) is 61.2 Å². The molecule has 1 fully saturated rings. The maximum absolute atomic E-state index is 3.56. The van der Waals surface area contributed by atoms with Crippen LogP contribution in [0.4, 0.5) is 11.4 Å². The van der Waals surface area contributed by atoms with Gasteiger partial charge in [-0.25, -0.2) is 0 Å². The zero-order valence-electron chi connectivity index (χ0n) is 12.3. The van der Waals surface area contributed by atoms with Gasteiger partial charge in [0.15, 0.2) is 0 Å². The van der Waals surface area contributed by atoms with Crippen molar-refractivity contribution >= 4 is 11.4 Å². The van der Waals surface area contributed by atoms with Gasteiger partial charge in [-0.15, -0.1) is 0 Å². The number of hydrogen-bond acceptors (Lipinski definition) is 2. The molecule has 1 saturated carbocycles. The van der Waals surface area contributed by atoms with Crippen molar-refractivity contribution in [2.24, 2.45) is 5.92 Å². The summed E-state index contributed by atoms with van der Waals surface area (Å²) in [5.41, 5.74) is 5.58. The number of nitrogens with zero attached hydrogens (tertiary/aromatic N) is 1. The standard InChI is InChI=1S/C17H26N2/c1-13-10-16-17(11-14(13)2)19(9-8-18-16)12-15-6-4-3-5-7-15/h10-11,15,18H,3-9,12H2,1-2H3. The van der Waals surface area contributed by atoms with E-state index in [-0.39, 0.29) is 0 Å². The molecule has 1 aliphatic heterocycles. The van der Waals surface area contributed by atoms with Crippen LogP contribution in [0.15, 0.2) is 12.1 Å². The molecule has 0 bridgehead atoms. The minimum atomic E-state index is 0.918. The SMILES string of the molecule is Cc1cc2c(cc1C)N(CC1CCCCC1)CCN2. The Balaban J connectivity index is 1.79. The van der Waals surface area contributed by atoms with Crippen LogP contribution in [0, 0.1) is 19.8 Å². The molecule has 0 atom stereocenters. The van der Waals surface area contributed by atoms with Gasteiger partial charge in [0.25, 0.3) is 0 Å². The van der Waals surface area contributed by atoms with E-state index >= 15 is 0 Å². The quantitative estimate of drug-likeness (QED) is 0.858. The Hall–Kier alpha value is -1.18. The highest BCUT2D eigenvalue weighted by Gasteiger charge is 2.22. The second-order valence-electron chi connectivity index (χ2n) is 6.33. The summed E-state index contributed by atoms with van der Waals surface area (Å²) in [6.07, 6.45) is 7.20. The van der Waals surface area contributed by atoms with Gasteiger partial charge in [0.05, 0.1) is 11.4 Å². The van der Waals surface area contributed by atoms with Crippen LogP contribution < -0.4 is 10.2 Å². The second kappa shape index (κ2) is 5.44. The normalized spacial score (nSPS) is 20.0. The minimum Gasteiger partial charge on any atom is -0.382 e. The number of hydrogen-bond donors (Lipinski definition) is 1. The van der Waals surface area contributed by atoms with Crippen LogP contribution in [0.1, 0.15) is 43.2 Å². The average Bonchev–Trinajstić information content (AvgIpc) is 2.42. The monoisotopic (exact) mass is 258 g/mol. The third-order valence-corrected chi connectivity index (χ3v) is 4.85. The van der Waals surface area contributed by atoms with Gasteiger partial charge in [0.2, 0.25) is 0 Å². The molecule has 1 N–H and O–H groups in total. The average molecular weight is 258 g/mol. The van der Waals surface area contributed by atoms with E-state index in [0.717, 1.165) is 19.0 Å². The van der Waals surface area contributed by atoms with Gasteiger partial charge in [-0.3, -0.25) is 0 Å². The van der Waals surface area contributed by atoms with Gasteiger partial charge < -0.3 is 10.2 Å². The molecule has 1 aromatic carbocycles. The van der Waals surface area contributed by atoms with Crippen molar-refractivity contribution < 1.29 is 0 Å². The Morgan fingerprint density at radius 1 is 1.11 bits per heavy atom. The Labute approximate surface area is 117 Å². The van der Waals surface area contributed by atoms with Crippen LogP contribution in [0.5, 0.6) is 0 Å². The molecule has 2 heteroatoms. The molecule has 1 aliphatic carbocycles. The van der Waals surface area contributed by atoms with E-state index in [9.17, 15) is 0 Å². The van der Waals surface area contributed by atoms with Crippen LogP contribution in [0.2, 0.25) is 0 Å². The van der Waals surface area contributed by atoms with Crippen molar-refractivity contribution in [3.05, 3.63) is 23.3 Å². The Morgan fingerprint density at radius 3 is 2.63 bits per heavy atom. The molecule has 0 spiro atoms. The predicted octanol–water partition coefficient (Wildman–Crippen LogP) is 4.12. The molecule has 0 amide bonds. The molecule has 3 rings (SSSR count). The summed E-state index contributed by atoms with van der Waals surface area (Å²) in [5.74, 6) is 0.918. The third-order valence-electron chi connectivity index (χ3n) is 4.85. The lowest BCUT2D eigenvalue weighted by molar-refractivity contribution is 0.358. The zero-order valence-corrected chi connectivity index (χ0v) is 12.3. The molecule has 0 saturated heterocycles. The Kier molecular flexibility index (Phi) is 3.67. The van der Waals surface area contributed by atoms with E-state index in [1.807, 2.05) is 0 Å². The molecule has 0 aromatic heterocycles. The van der Waals surface area contributed by atoms with Crippen LogP contribution in [0.25, 0.3) is 0 Å². The van der Waals surface area contributed by atoms with Gasteiger partial charge in [0, 0.05) is 19.6 Å². The first-order valence-corrected chi connectivity index (χ1v) is 7.84. The van der Waals surface area contributed by atoms with Gasteiger partial charge in [0.1, 0.15) is 0 Å². The first-order valence-electron chi connectivity index (χ1n) is 7.84. The summed E-state index contributed by atoms with van der Waals surface area (Å²) in [4.78, 5) is 2.62. The lowest BCUT2D eigenvalue weighted by Crippen LogP contribution is -2.38. The van der Waals surface area contributed by atoms with Crippen molar-refractivity contribution in [3.63, 3.8) is 0 Å². The van der Waals surface area contributed by atoms with Gasteiger partial charge in [-0.05, 0) is 55.9 Å². The van der Waals surface area contributed by atoms with Gasteiger partial charge in [-0.1, -0.05) is 19.3 Å². The number of aryl methyl sites for hydroxylation is 2. The molecule has 2 aliphatic rings. The summed E-state index contributed by atoms with van der Waals surface area (Å²) in [5, 5.41) is 3.56. The van der Waals surface area contributed by atoms with E-state index in [4.69, 9.17) is 0 Å². The number of nitrogens with one attached hydrogen (secondary N) is 1. The van der Waals surface area contributed by atoms with Gasteiger partial charge in [-0.2, -0.15) is 0 Å². The van der Waals surface area contributed by atoms with E-state index in [1.54, 1.807) is 0 Å². The smallest absolute Gasteiger partial charge is 0.0605 e. The number of anilines is 2. The lowest BCUT2D eigenvalue weighted by atomic mass is 9.88. The van der Waals surface area contributed by atoms with Crippen LogP contribution in [-0.2, 0) is 0 Å². The van der Waals surface area contributed by atoms with E-state index in [0.29, 0.717) is 0 Å². The maximum atomic E-state index is 3.56. The minimum absolute atomic E-state index is 0.918. The lowest BCUT2D eigenvalue weighted by Gasteiger charge is -2.36. The highest BCUT2D eigenvalue weighted by Crippen LogP contribution is 2.34.